The number of nitrogens with zero attached hydrogens (tertiary/aromatic N) is 4. The number of benzene rings is 1. The van der Waals surface area contributed by atoms with Crippen molar-refractivity contribution in [2.24, 2.45) is 4.99 Å². The van der Waals surface area contributed by atoms with Crippen molar-refractivity contribution in [2.45, 2.75) is 26.9 Å². The van der Waals surface area contributed by atoms with Crippen LogP contribution < -0.4 is 10.6 Å². The molecule has 0 spiro atoms. The van der Waals surface area contributed by atoms with Crippen molar-refractivity contribution in [3.8, 4) is 0 Å². The lowest BCUT2D eigenvalue weighted by Crippen LogP contribution is -2.36. The number of pyridine rings is 1. The van der Waals surface area contributed by atoms with E-state index < -0.39 is 0 Å². The zero-order valence-corrected chi connectivity index (χ0v) is 14.2. The summed E-state index contributed by atoms with van der Waals surface area (Å²) in [6.45, 7) is 5.51. The lowest BCUT2D eigenvalue weighted by atomic mass is 10.1. The Kier molecular flexibility index (Phi) is 4.74. The number of aryl methyl sites for hydroxylation is 2. The van der Waals surface area contributed by atoms with E-state index in [0.717, 1.165) is 24.0 Å². The van der Waals surface area contributed by atoms with Gasteiger partial charge in [-0.1, -0.05) is 29.8 Å². The first-order valence-electron chi connectivity index (χ1n) is 7.96. The fraction of sp³-hybridized carbons (Fsp3) is 0.278. The molecule has 0 unspecified atom stereocenters. The minimum absolute atomic E-state index is 0.553. The highest BCUT2D eigenvalue weighted by atomic mass is 15.3. The topological polar surface area (TPSA) is 66.6 Å². The molecular weight excluding hydrogens is 300 g/mol. The summed E-state index contributed by atoms with van der Waals surface area (Å²) in [6.07, 6.45) is 1.96. The maximum atomic E-state index is 4.27. The average Bonchev–Trinajstić information content (AvgIpc) is 3.00. The summed E-state index contributed by atoms with van der Waals surface area (Å²) in [4.78, 5) is 4.27. The average molecular weight is 322 g/mol. The number of rotatable bonds is 4. The Morgan fingerprint density at radius 2 is 1.92 bits per heavy atom. The van der Waals surface area contributed by atoms with Crippen LogP contribution in [0.4, 0.5) is 0 Å². The largest absolute Gasteiger partial charge is 0.352 e. The lowest BCUT2D eigenvalue weighted by molar-refractivity contribution is 0.761. The Hall–Kier alpha value is -2.89. The molecule has 24 heavy (non-hydrogen) atoms. The second-order valence-corrected chi connectivity index (χ2v) is 5.75. The number of aliphatic imine (C=N–C) groups is 1. The molecule has 0 radical (unpaired) electrons. The summed E-state index contributed by atoms with van der Waals surface area (Å²) in [7, 11) is 1.76. The van der Waals surface area contributed by atoms with Crippen LogP contribution in [0.1, 0.15) is 22.5 Å². The fourth-order valence-electron chi connectivity index (χ4n) is 2.62. The maximum Gasteiger partial charge on any atom is 0.191 e. The standard InChI is InChI=1S/C18H22N6/c1-13-7-8-15(14(2)10-13)11-20-18(19-3)21-12-17-23-22-16-6-4-5-9-24(16)17/h4-10H,11-12H2,1-3H3,(H2,19,20,21). The highest BCUT2D eigenvalue weighted by Gasteiger charge is 2.06. The third-order valence-corrected chi connectivity index (χ3v) is 3.97. The molecule has 0 saturated carbocycles. The Labute approximate surface area is 141 Å². The smallest absolute Gasteiger partial charge is 0.191 e. The van der Waals surface area contributed by atoms with Crippen molar-refractivity contribution < 1.29 is 0 Å². The second kappa shape index (κ2) is 7.12. The van der Waals surface area contributed by atoms with Crippen molar-refractivity contribution in [3.63, 3.8) is 0 Å². The van der Waals surface area contributed by atoms with Crippen LogP contribution in [-0.2, 0) is 13.1 Å². The number of hydrogen-bond donors (Lipinski definition) is 2. The third kappa shape index (κ3) is 3.53. The van der Waals surface area contributed by atoms with Gasteiger partial charge in [0.2, 0.25) is 0 Å². The van der Waals surface area contributed by atoms with Crippen LogP contribution in [0.2, 0.25) is 0 Å². The molecule has 0 fully saturated rings. The monoisotopic (exact) mass is 322 g/mol. The van der Waals surface area contributed by atoms with Crippen LogP contribution in [0.15, 0.2) is 47.6 Å². The minimum atomic E-state index is 0.553. The maximum absolute atomic E-state index is 4.27. The molecule has 0 amide bonds. The van der Waals surface area contributed by atoms with Gasteiger partial charge in [0.1, 0.15) is 0 Å². The summed E-state index contributed by atoms with van der Waals surface area (Å²) in [5.41, 5.74) is 4.66. The molecule has 2 aromatic heterocycles. The zero-order valence-electron chi connectivity index (χ0n) is 14.2. The van der Waals surface area contributed by atoms with E-state index in [0.29, 0.717) is 6.54 Å². The number of fused-ring (bicyclic) bond motifs is 1. The molecule has 0 bridgehead atoms. The first-order chi connectivity index (χ1) is 11.7. The summed E-state index contributed by atoms with van der Waals surface area (Å²) in [5.74, 6) is 1.59. The van der Waals surface area contributed by atoms with Crippen molar-refractivity contribution in [2.75, 3.05) is 7.05 Å². The van der Waals surface area contributed by atoms with Crippen molar-refractivity contribution in [1.29, 1.82) is 0 Å². The van der Waals surface area contributed by atoms with E-state index in [4.69, 9.17) is 0 Å². The molecule has 0 saturated heterocycles. The van der Waals surface area contributed by atoms with Gasteiger partial charge >= 0.3 is 0 Å². The van der Waals surface area contributed by atoms with Crippen LogP contribution in [0.5, 0.6) is 0 Å². The molecule has 0 aliphatic heterocycles. The molecule has 3 rings (SSSR count). The predicted octanol–water partition coefficient (Wildman–Crippen LogP) is 2.21. The van der Waals surface area contributed by atoms with Crippen molar-refractivity contribution >= 4 is 11.6 Å². The highest BCUT2D eigenvalue weighted by Crippen LogP contribution is 2.10. The normalized spacial score (nSPS) is 11.7. The first kappa shape index (κ1) is 16.0. The number of guanidine groups is 1. The van der Waals surface area contributed by atoms with Gasteiger partial charge in [0.15, 0.2) is 17.4 Å². The Bertz CT molecular complexity index is 865. The van der Waals surface area contributed by atoms with Gasteiger partial charge < -0.3 is 10.6 Å². The molecule has 3 aromatic rings. The van der Waals surface area contributed by atoms with Gasteiger partial charge in [-0.25, -0.2) is 0 Å². The van der Waals surface area contributed by atoms with E-state index >= 15 is 0 Å². The Morgan fingerprint density at radius 1 is 1.08 bits per heavy atom. The van der Waals surface area contributed by atoms with Gasteiger partial charge in [0.05, 0.1) is 6.54 Å². The van der Waals surface area contributed by atoms with Crippen LogP contribution in [-0.4, -0.2) is 27.6 Å². The Morgan fingerprint density at radius 3 is 2.71 bits per heavy atom. The van der Waals surface area contributed by atoms with E-state index in [1.807, 2.05) is 28.8 Å². The van der Waals surface area contributed by atoms with E-state index in [9.17, 15) is 0 Å². The van der Waals surface area contributed by atoms with E-state index in [1.165, 1.54) is 16.7 Å². The highest BCUT2D eigenvalue weighted by molar-refractivity contribution is 5.79. The molecule has 0 atom stereocenters. The Balaban J connectivity index is 1.61. The van der Waals surface area contributed by atoms with Crippen molar-refractivity contribution in [1.82, 2.24) is 25.2 Å². The van der Waals surface area contributed by atoms with E-state index in [2.05, 4.69) is 57.9 Å². The van der Waals surface area contributed by atoms with Gasteiger partial charge in [-0.15, -0.1) is 10.2 Å². The van der Waals surface area contributed by atoms with Crippen molar-refractivity contribution in [3.05, 3.63) is 65.1 Å². The van der Waals surface area contributed by atoms with Gasteiger partial charge in [0.25, 0.3) is 0 Å². The number of hydrogen-bond acceptors (Lipinski definition) is 3. The molecular formula is C18H22N6. The van der Waals surface area contributed by atoms with Gasteiger partial charge in [-0.3, -0.25) is 9.39 Å². The third-order valence-electron chi connectivity index (χ3n) is 3.97. The first-order valence-corrected chi connectivity index (χ1v) is 7.96. The van der Waals surface area contributed by atoms with Crippen LogP contribution >= 0.6 is 0 Å². The van der Waals surface area contributed by atoms with E-state index in [1.54, 1.807) is 7.05 Å². The summed E-state index contributed by atoms with van der Waals surface area (Å²) >= 11 is 0. The van der Waals surface area contributed by atoms with Crippen LogP contribution in [0, 0.1) is 13.8 Å². The SMILES string of the molecule is CN=C(NCc1ccc(C)cc1C)NCc1nnc2ccccn12. The molecule has 6 nitrogen and oxygen atoms in total. The molecule has 0 aliphatic rings. The second-order valence-electron chi connectivity index (χ2n) is 5.75. The van der Waals surface area contributed by atoms with E-state index in [-0.39, 0.29) is 0 Å². The summed E-state index contributed by atoms with van der Waals surface area (Å²) in [6, 6.07) is 12.3. The van der Waals surface area contributed by atoms with Gasteiger partial charge in [0, 0.05) is 19.8 Å². The molecule has 1 aromatic carbocycles. The fourth-order valence-corrected chi connectivity index (χ4v) is 2.62. The van der Waals surface area contributed by atoms with Crippen LogP contribution in [0.25, 0.3) is 5.65 Å². The number of aromatic nitrogens is 3. The molecule has 6 heteroatoms. The minimum Gasteiger partial charge on any atom is -0.352 e. The van der Waals surface area contributed by atoms with Gasteiger partial charge in [-0.2, -0.15) is 0 Å². The molecule has 2 heterocycles. The summed E-state index contributed by atoms with van der Waals surface area (Å²) in [5, 5.41) is 15.0. The molecule has 0 aliphatic carbocycles. The molecule has 124 valence electrons. The zero-order chi connectivity index (χ0) is 16.9. The quantitative estimate of drug-likeness (QED) is 0.571. The lowest BCUT2D eigenvalue weighted by Gasteiger charge is -2.13. The number of nitrogens with one attached hydrogen (secondary N) is 2. The van der Waals surface area contributed by atoms with Crippen LogP contribution in [0.3, 0.4) is 0 Å². The predicted molar refractivity (Wildman–Crippen MR) is 95.9 cm³/mol. The van der Waals surface area contributed by atoms with Gasteiger partial charge in [-0.05, 0) is 37.1 Å². The summed E-state index contributed by atoms with van der Waals surface area (Å²) < 4.78 is 1.96. The molecule has 2 N–H and O–H groups in total.